The number of hydrogen-bond acceptors (Lipinski definition) is 3. The predicted octanol–water partition coefficient (Wildman–Crippen LogP) is 3.52. The fourth-order valence-corrected chi connectivity index (χ4v) is 2.55. The van der Waals surface area contributed by atoms with Gasteiger partial charge in [-0.3, -0.25) is 4.79 Å². The molecule has 0 spiro atoms. The van der Waals surface area contributed by atoms with E-state index < -0.39 is 0 Å². The Kier molecular flexibility index (Phi) is 5.63. The SMILES string of the molecule is Cc1c(C(=O)NCCCOc2ccccc2)cnn1-c1ccc(F)cc1. The second-order valence-corrected chi connectivity index (χ2v) is 5.80. The van der Waals surface area contributed by atoms with E-state index in [2.05, 4.69) is 10.4 Å². The van der Waals surface area contributed by atoms with Crippen LogP contribution in [-0.2, 0) is 0 Å². The average molecular weight is 353 g/mol. The molecule has 0 unspecified atom stereocenters. The minimum absolute atomic E-state index is 0.185. The molecule has 0 bridgehead atoms. The first-order valence-electron chi connectivity index (χ1n) is 8.42. The summed E-state index contributed by atoms with van der Waals surface area (Å²) in [6.45, 7) is 2.84. The highest BCUT2D eigenvalue weighted by Gasteiger charge is 2.14. The van der Waals surface area contributed by atoms with Gasteiger partial charge in [0.15, 0.2) is 0 Å². The van der Waals surface area contributed by atoms with Crippen LogP contribution in [0, 0.1) is 12.7 Å². The van der Waals surface area contributed by atoms with Crippen molar-refractivity contribution < 1.29 is 13.9 Å². The molecule has 2 aromatic carbocycles. The molecule has 0 aliphatic heterocycles. The highest BCUT2D eigenvalue weighted by atomic mass is 19.1. The molecule has 1 aromatic heterocycles. The summed E-state index contributed by atoms with van der Waals surface area (Å²) in [5, 5.41) is 7.10. The number of carbonyl (C=O) groups excluding carboxylic acids is 1. The first kappa shape index (κ1) is 17.7. The zero-order valence-corrected chi connectivity index (χ0v) is 14.5. The number of aromatic nitrogens is 2. The van der Waals surface area contributed by atoms with Crippen molar-refractivity contribution in [3.63, 3.8) is 0 Å². The van der Waals surface area contributed by atoms with Gasteiger partial charge in [0, 0.05) is 6.54 Å². The maximum absolute atomic E-state index is 13.0. The molecule has 1 amide bonds. The minimum atomic E-state index is -0.311. The second kappa shape index (κ2) is 8.29. The molecule has 0 fully saturated rings. The standard InChI is InChI=1S/C20H20FN3O2/c1-15-19(14-23-24(15)17-10-8-16(21)9-11-17)20(25)22-12-5-13-26-18-6-3-2-4-7-18/h2-4,6-11,14H,5,12-13H2,1H3,(H,22,25). The number of para-hydroxylation sites is 1. The van der Waals surface area contributed by atoms with Gasteiger partial charge in [-0.25, -0.2) is 9.07 Å². The molecule has 26 heavy (non-hydrogen) atoms. The lowest BCUT2D eigenvalue weighted by Crippen LogP contribution is -2.26. The Morgan fingerprint density at radius 3 is 2.62 bits per heavy atom. The van der Waals surface area contributed by atoms with Crippen LogP contribution in [0.3, 0.4) is 0 Å². The van der Waals surface area contributed by atoms with Crippen LogP contribution in [0.25, 0.3) is 5.69 Å². The lowest BCUT2D eigenvalue weighted by Gasteiger charge is -2.08. The van der Waals surface area contributed by atoms with Gasteiger partial charge in [0.1, 0.15) is 11.6 Å². The van der Waals surface area contributed by atoms with Crippen LogP contribution in [0.5, 0.6) is 5.75 Å². The summed E-state index contributed by atoms with van der Waals surface area (Å²) in [7, 11) is 0. The monoisotopic (exact) mass is 353 g/mol. The molecule has 3 rings (SSSR count). The van der Waals surface area contributed by atoms with Crippen molar-refractivity contribution in [2.45, 2.75) is 13.3 Å². The molecule has 1 N–H and O–H groups in total. The molecule has 134 valence electrons. The van der Waals surface area contributed by atoms with Gasteiger partial charge in [-0.05, 0) is 49.7 Å². The van der Waals surface area contributed by atoms with E-state index in [4.69, 9.17) is 4.74 Å². The number of ether oxygens (including phenoxy) is 1. The maximum Gasteiger partial charge on any atom is 0.254 e. The normalized spacial score (nSPS) is 10.5. The fourth-order valence-electron chi connectivity index (χ4n) is 2.55. The smallest absolute Gasteiger partial charge is 0.254 e. The number of nitrogens with zero attached hydrogens (tertiary/aromatic N) is 2. The highest BCUT2D eigenvalue weighted by Crippen LogP contribution is 2.14. The third kappa shape index (κ3) is 4.27. The Morgan fingerprint density at radius 2 is 1.88 bits per heavy atom. The number of amides is 1. The highest BCUT2D eigenvalue weighted by molar-refractivity contribution is 5.95. The summed E-state index contributed by atoms with van der Waals surface area (Å²) in [6.07, 6.45) is 2.22. The summed E-state index contributed by atoms with van der Waals surface area (Å²) in [4.78, 5) is 12.3. The molecule has 3 aromatic rings. The van der Waals surface area contributed by atoms with E-state index in [1.165, 1.54) is 18.3 Å². The van der Waals surface area contributed by atoms with Crippen molar-refractivity contribution in [3.05, 3.63) is 77.9 Å². The lowest BCUT2D eigenvalue weighted by molar-refractivity contribution is 0.0951. The molecular formula is C20H20FN3O2. The van der Waals surface area contributed by atoms with Crippen molar-refractivity contribution in [2.75, 3.05) is 13.2 Å². The first-order chi connectivity index (χ1) is 12.6. The number of hydrogen-bond donors (Lipinski definition) is 1. The van der Waals surface area contributed by atoms with Crippen molar-refractivity contribution in [3.8, 4) is 11.4 Å². The second-order valence-electron chi connectivity index (χ2n) is 5.80. The third-order valence-corrected chi connectivity index (χ3v) is 3.94. The van der Waals surface area contributed by atoms with Gasteiger partial charge in [0.2, 0.25) is 0 Å². The minimum Gasteiger partial charge on any atom is -0.494 e. The fraction of sp³-hybridized carbons (Fsp3) is 0.200. The number of halogens is 1. The first-order valence-corrected chi connectivity index (χ1v) is 8.42. The van der Waals surface area contributed by atoms with E-state index in [1.54, 1.807) is 16.8 Å². The topological polar surface area (TPSA) is 56.1 Å². The Hall–Kier alpha value is -3.15. The van der Waals surface area contributed by atoms with Crippen LogP contribution in [-0.4, -0.2) is 28.8 Å². The lowest BCUT2D eigenvalue weighted by atomic mass is 10.2. The van der Waals surface area contributed by atoms with Crippen LogP contribution in [0.4, 0.5) is 4.39 Å². The van der Waals surface area contributed by atoms with Crippen molar-refractivity contribution >= 4 is 5.91 Å². The molecule has 0 atom stereocenters. The van der Waals surface area contributed by atoms with E-state index >= 15 is 0 Å². The van der Waals surface area contributed by atoms with Gasteiger partial charge in [0.25, 0.3) is 5.91 Å². The zero-order valence-electron chi connectivity index (χ0n) is 14.5. The summed E-state index contributed by atoms with van der Waals surface area (Å²) in [5.41, 5.74) is 1.91. The number of benzene rings is 2. The van der Waals surface area contributed by atoms with E-state index in [9.17, 15) is 9.18 Å². The Labute approximate surface area is 151 Å². The van der Waals surface area contributed by atoms with Crippen LogP contribution in [0.2, 0.25) is 0 Å². The summed E-state index contributed by atoms with van der Waals surface area (Å²) >= 11 is 0. The number of nitrogens with one attached hydrogen (secondary N) is 1. The van der Waals surface area contributed by atoms with Crippen molar-refractivity contribution in [1.29, 1.82) is 0 Å². The van der Waals surface area contributed by atoms with Crippen molar-refractivity contribution in [2.24, 2.45) is 0 Å². The summed E-state index contributed by atoms with van der Waals surface area (Å²) in [5.74, 6) is 0.320. The Bertz CT molecular complexity index is 861. The zero-order chi connectivity index (χ0) is 18.4. The molecular weight excluding hydrogens is 333 g/mol. The van der Waals surface area contributed by atoms with Gasteiger partial charge < -0.3 is 10.1 Å². The average Bonchev–Trinajstić information content (AvgIpc) is 3.04. The van der Waals surface area contributed by atoms with E-state index in [-0.39, 0.29) is 11.7 Å². The summed E-state index contributed by atoms with van der Waals surface area (Å²) in [6, 6.07) is 15.5. The van der Waals surface area contributed by atoms with Gasteiger partial charge in [0.05, 0.1) is 29.7 Å². The molecule has 0 aliphatic carbocycles. The van der Waals surface area contributed by atoms with Gasteiger partial charge in [-0.2, -0.15) is 5.10 Å². The predicted molar refractivity (Wildman–Crippen MR) is 97.1 cm³/mol. The molecule has 0 aliphatic rings. The number of carbonyl (C=O) groups is 1. The molecule has 5 nitrogen and oxygen atoms in total. The quantitative estimate of drug-likeness (QED) is 0.661. The molecule has 6 heteroatoms. The van der Waals surface area contributed by atoms with E-state index in [0.29, 0.717) is 36.5 Å². The molecule has 0 radical (unpaired) electrons. The van der Waals surface area contributed by atoms with Crippen LogP contribution in [0.15, 0.2) is 60.8 Å². The van der Waals surface area contributed by atoms with Crippen LogP contribution < -0.4 is 10.1 Å². The molecule has 1 heterocycles. The van der Waals surface area contributed by atoms with Crippen LogP contribution >= 0.6 is 0 Å². The summed E-state index contributed by atoms with van der Waals surface area (Å²) < 4.78 is 20.3. The largest absolute Gasteiger partial charge is 0.494 e. The van der Waals surface area contributed by atoms with Gasteiger partial charge in [-0.1, -0.05) is 18.2 Å². The Balaban J connectivity index is 1.51. The van der Waals surface area contributed by atoms with Crippen molar-refractivity contribution in [1.82, 2.24) is 15.1 Å². The molecule has 0 saturated heterocycles. The van der Waals surface area contributed by atoms with Gasteiger partial charge in [-0.15, -0.1) is 0 Å². The number of rotatable bonds is 7. The van der Waals surface area contributed by atoms with E-state index in [1.807, 2.05) is 37.3 Å². The van der Waals surface area contributed by atoms with Gasteiger partial charge >= 0.3 is 0 Å². The molecule has 0 saturated carbocycles. The Morgan fingerprint density at radius 1 is 1.15 bits per heavy atom. The van der Waals surface area contributed by atoms with E-state index in [0.717, 1.165) is 5.75 Å². The maximum atomic E-state index is 13.0. The van der Waals surface area contributed by atoms with Crippen LogP contribution in [0.1, 0.15) is 22.5 Å². The third-order valence-electron chi connectivity index (χ3n) is 3.94.